The molecule has 0 bridgehead atoms. The average Bonchev–Trinajstić information content (AvgIpc) is 3.12. The van der Waals surface area contributed by atoms with Crippen molar-refractivity contribution in [3.05, 3.63) is 52.8 Å². The van der Waals surface area contributed by atoms with Gasteiger partial charge in [0, 0.05) is 18.2 Å². The molecule has 31 heavy (non-hydrogen) atoms. The summed E-state index contributed by atoms with van der Waals surface area (Å²) in [6.45, 7) is 5.83. The second-order valence-electron chi connectivity index (χ2n) is 7.19. The van der Waals surface area contributed by atoms with Gasteiger partial charge in [-0.05, 0) is 26.8 Å². The number of halogens is 1. The highest BCUT2D eigenvalue weighted by atomic mass is 35.5. The zero-order valence-electron chi connectivity index (χ0n) is 17.5. The average molecular weight is 464 g/mol. The number of carbonyl (C=O) groups excluding carboxylic acids is 1. The molecular formula is C21H26ClN5O3S. The molecular weight excluding hydrogens is 438 g/mol. The Morgan fingerprint density at radius 2 is 1.87 bits per heavy atom. The summed E-state index contributed by atoms with van der Waals surface area (Å²) in [5.41, 5.74) is 2.03. The number of hydrogen-bond donors (Lipinski definition) is 3. The van der Waals surface area contributed by atoms with Gasteiger partial charge < -0.3 is 15.7 Å². The highest BCUT2D eigenvalue weighted by Crippen LogP contribution is 2.37. The SMILES string of the molecule is CC(C)n1nc(-c2sc(NC(=O)CNC[C@@H](C)O)nc2-c2ccccc2)ccc1=O.Cl. The highest BCUT2D eigenvalue weighted by Gasteiger charge is 2.18. The summed E-state index contributed by atoms with van der Waals surface area (Å²) in [4.78, 5) is 29.7. The molecule has 0 aliphatic rings. The Balaban J connectivity index is 0.00000341. The Kier molecular flexibility index (Phi) is 8.88. The van der Waals surface area contributed by atoms with Crippen molar-refractivity contribution < 1.29 is 9.90 Å². The van der Waals surface area contributed by atoms with Crippen LogP contribution < -0.4 is 16.2 Å². The minimum absolute atomic E-state index is 0. The molecule has 1 amide bonds. The van der Waals surface area contributed by atoms with Crippen molar-refractivity contribution in [1.82, 2.24) is 20.1 Å². The molecule has 10 heteroatoms. The summed E-state index contributed by atoms with van der Waals surface area (Å²) in [5, 5.41) is 19.9. The van der Waals surface area contributed by atoms with Crippen LogP contribution in [0.1, 0.15) is 26.8 Å². The van der Waals surface area contributed by atoms with E-state index in [4.69, 9.17) is 0 Å². The number of hydrogen-bond acceptors (Lipinski definition) is 7. The quantitative estimate of drug-likeness (QED) is 0.474. The van der Waals surface area contributed by atoms with Crippen LogP contribution in [0, 0.1) is 0 Å². The van der Waals surface area contributed by atoms with Gasteiger partial charge >= 0.3 is 0 Å². The summed E-state index contributed by atoms with van der Waals surface area (Å²) in [7, 11) is 0. The first-order chi connectivity index (χ1) is 14.3. The second-order valence-corrected chi connectivity index (χ2v) is 8.19. The third kappa shape index (κ3) is 6.44. The van der Waals surface area contributed by atoms with Crippen LogP contribution in [0.4, 0.5) is 5.13 Å². The minimum Gasteiger partial charge on any atom is -0.392 e. The van der Waals surface area contributed by atoms with Crippen LogP contribution >= 0.6 is 23.7 Å². The molecule has 1 aromatic carbocycles. The Hall–Kier alpha value is -2.59. The van der Waals surface area contributed by atoms with Gasteiger partial charge in [-0.25, -0.2) is 9.67 Å². The van der Waals surface area contributed by atoms with Crippen LogP contribution in [0.3, 0.4) is 0 Å². The number of nitrogens with zero attached hydrogens (tertiary/aromatic N) is 3. The summed E-state index contributed by atoms with van der Waals surface area (Å²) in [6, 6.07) is 12.7. The second kappa shape index (κ2) is 11.1. The number of anilines is 1. The normalized spacial score (nSPS) is 11.8. The number of amides is 1. The first kappa shape index (κ1) is 24.7. The number of rotatable bonds is 8. The number of benzene rings is 1. The Morgan fingerprint density at radius 3 is 2.52 bits per heavy atom. The van der Waals surface area contributed by atoms with Crippen molar-refractivity contribution in [2.45, 2.75) is 32.9 Å². The maximum Gasteiger partial charge on any atom is 0.267 e. The molecule has 8 nitrogen and oxygen atoms in total. The van der Waals surface area contributed by atoms with Gasteiger partial charge in [0.2, 0.25) is 5.91 Å². The standard InChI is InChI=1S/C21H25N5O3S.ClH/c1-13(2)26-18(29)10-9-16(25-26)20-19(15-7-5-4-6-8-15)24-21(30-20)23-17(28)12-22-11-14(3)27;/h4-10,13-14,22,27H,11-12H2,1-3H3,(H,23,24,28);1H/t14-;/m1./s1. The summed E-state index contributed by atoms with van der Waals surface area (Å²) < 4.78 is 1.43. The van der Waals surface area contributed by atoms with Gasteiger partial charge in [-0.15, -0.1) is 12.4 Å². The summed E-state index contributed by atoms with van der Waals surface area (Å²) in [6.07, 6.45) is -0.531. The Labute approximate surface area is 190 Å². The van der Waals surface area contributed by atoms with Crippen molar-refractivity contribution in [3.63, 3.8) is 0 Å². The van der Waals surface area contributed by atoms with Crippen LogP contribution in [0.5, 0.6) is 0 Å². The van der Waals surface area contributed by atoms with E-state index in [0.717, 1.165) is 10.4 Å². The third-order valence-corrected chi connectivity index (χ3v) is 5.19. The van der Waals surface area contributed by atoms with Crippen molar-refractivity contribution >= 4 is 34.8 Å². The molecule has 3 aromatic rings. The van der Waals surface area contributed by atoms with E-state index in [-0.39, 0.29) is 36.5 Å². The van der Waals surface area contributed by atoms with Gasteiger partial charge in [-0.1, -0.05) is 41.7 Å². The summed E-state index contributed by atoms with van der Waals surface area (Å²) in [5.74, 6) is -0.254. The molecule has 2 aromatic heterocycles. The van der Waals surface area contributed by atoms with E-state index in [9.17, 15) is 14.7 Å². The molecule has 0 unspecified atom stereocenters. The van der Waals surface area contributed by atoms with Crippen LogP contribution in [0.15, 0.2) is 47.3 Å². The Morgan fingerprint density at radius 1 is 1.16 bits per heavy atom. The van der Waals surface area contributed by atoms with E-state index in [0.29, 0.717) is 23.1 Å². The molecule has 0 aliphatic heterocycles. The van der Waals surface area contributed by atoms with E-state index >= 15 is 0 Å². The number of aliphatic hydroxyl groups excluding tert-OH is 1. The zero-order chi connectivity index (χ0) is 21.7. The predicted molar refractivity (Wildman–Crippen MR) is 126 cm³/mol. The van der Waals surface area contributed by atoms with Crippen LogP contribution in [-0.4, -0.2) is 45.0 Å². The van der Waals surface area contributed by atoms with E-state index in [1.807, 2.05) is 44.2 Å². The lowest BCUT2D eigenvalue weighted by molar-refractivity contribution is -0.115. The number of aromatic nitrogens is 3. The maximum atomic E-state index is 12.2. The van der Waals surface area contributed by atoms with Crippen molar-refractivity contribution in [3.8, 4) is 21.8 Å². The molecule has 0 fully saturated rings. The molecule has 0 aliphatic carbocycles. The molecule has 2 heterocycles. The summed E-state index contributed by atoms with van der Waals surface area (Å²) >= 11 is 1.30. The molecule has 0 radical (unpaired) electrons. The molecule has 0 saturated carbocycles. The van der Waals surface area contributed by atoms with Crippen LogP contribution in [0.25, 0.3) is 21.8 Å². The molecule has 166 valence electrons. The molecule has 3 rings (SSSR count). The first-order valence-corrected chi connectivity index (χ1v) is 10.5. The Bertz CT molecular complexity index is 1070. The van der Waals surface area contributed by atoms with E-state index in [1.165, 1.54) is 22.1 Å². The van der Waals surface area contributed by atoms with Crippen LogP contribution in [0.2, 0.25) is 0 Å². The van der Waals surface area contributed by atoms with Gasteiger partial charge in [0.05, 0.1) is 29.3 Å². The fourth-order valence-electron chi connectivity index (χ4n) is 2.81. The lowest BCUT2D eigenvalue weighted by Gasteiger charge is -2.09. The molecule has 3 N–H and O–H groups in total. The molecule has 0 spiro atoms. The lowest BCUT2D eigenvalue weighted by atomic mass is 10.1. The molecule has 0 saturated heterocycles. The number of thiazole rings is 1. The fraction of sp³-hybridized carbons (Fsp3) is 0.333. The maximum absolute atomic E-state index is 12.2. The number of aliphatic hydroxyl groups is 1. The topological polar surface area (TPSA) is 109 Å². The van der Waals surface area contributed by atoms with E-state index < -0.39 is 6.10 Å². The van der Waals surface area contributed by atoms with Gasteiger partial charge in [-0.3, -0.25) is 9.59 Å². The smallest absolute Gasteiger partial charge is 0.267 e. The zero-order valence-corrected chi connectivity index (χ0v) is 19.2. The lowest BCUT2D eigenvalue weighted by Crippen LogP contribution is -2.32. The predicted octanol–water partition coefficient (Wildman–Crippen LogP) is 2.95. The third-order valence-electron chi connectivity index (χ3n) is 4.19. The van der Waals surface area contributed by atoms with Crippen molar-refractivity contribution in [2.75, 3.05) is 18.4 Å². The fourth-order valence-corrected chi connectivity index (χ4v) is 3.78. The van der Waals surface area contributed by atoms with Crippen molar-refractivity contribution in [2.24, 2.45) is 0 Å². The first-order valence-electron chi connectivity index (χ1n) is 9.70. The monoisotopic (exact) mass is 463 g/mol. The molecule has 1 atom stereocenters. The van der Waals surface area contributed by atoms with Crippen molar-refractivity contribution in [1.29, 1.82) is 0 Å². The minimum atomic E-state index is -0.531. The van der Waals surface area contributed by atoms with Crippen LogP contribution in [-0.2, 0) is 4.79 Å². The van der Waals surface area contributed by atoms with E-state index in [1.54, 1.807) is 13.0 Å². The van der Waals surface area contributed by atoms with Gasteiger partial charge in [0.15, 0.2) is 5.13 Å². The van der Waals surface area contributed by atoms with Gasteiger partial charge in [0.25, 0.3) is 5.56 Å². The number of carbonyl (C=O) groups is 1. The number of nitrogens with one attached hydrogen (secondary N) is 2. The highest BCUT2D eigenvalue weighted by molar-refractivity contribution is 7.19. The van der Waals surface area contributed by atoms with Gasteiger partial charge in [-0.2, -0.15) is 5.10 Å². The largest absolute Gasteiger partial charge is 0.392 e. The van der Waals surface area contributed by atoms with Gasteiger partial charge in [0.1, 0.15) is 5.69 Å². The van der Waals surface area contributed by atoms with E-state index in [2.05, 4.69) is 20.7 Å².